The first kappa shape index (κ1) is 20.8. The fourth-order valence-electron chi connectivity index (χ4n) is 2.48. The van der Waals surface area contributed by atoms with Gasteiger partial charge in [-0.15, -0.1) is 0 Å². The second-order valence-electron chi connectivity index (χ2n) is 6.69. The van der Waals surface area contributed by atoms with Gasteiger partial charge in [-0.3, -0.25) is 9.10 Å². The topological polar surface area (TPSA) is 75.7 Å². The highest BCUT2D eigenvalue weighted by atomic mass is 32.2. The maximum atomic E-state index is 13.3. The largest absolute Gasteiger partial charge is 0.495 e. The summed E-state index contributed by atoms with van der Waals surface area (Å²) in [7, 11) is -2.48. The minimum atomic E-state index is -3.94. The number of rotatable bonds is 8. The van der Waals surface area contributed by atoms with Crippen LogP contribution in [-0.2, 0) is 14.8 Å². The predicted octanol–water partition coefficient (Wildman–Crippen LogP) is 2.97. The molecule has 0 radical (unpaired) electrons. The summed E-state index contributed by atoms with van der Waals surface area (Å²) >= 11 is 0. The van der Waals surface area contributed by atoms with Crippen LogP contribution in [0.15, 0.2) is 53.4 Å². The summed E-state index contributed by atoms with van der Waals surface area (Å²) in [5, 5.41) is 2.77. The van der Waals surface area contributed by atoms with Crippen molar-refractivity contribution in [1.29, 1.82) is 0 Å². The molecule has 0 aliphatic heterocycles. The number of amides is 1. The van der Waals surface area contributed by atoms with Gasteiger partial charge in [-0.2, -0.15) is 0 Å². The summed E-state index contributed by atoms with van der Waals surface area (Å²) in [5.41, 5.74) is 1.27. The number of carbonyl (C=O) groups excluding carboxylic acids is 1. The SMILES string of the molecule is COc1ccccc1N(CC(=O)NCC(C)C)S(=O)(=O)c1ccc(C)cc1. The van der Waals surface area contributed by atoms with Crippen molar-refractivity contribution < 1.29 is 17.9 Å². The van der Waals surface area contributed by atoms with E-state index in [9.17, 15) is 13.2 Å². The number of nitrogens with zero attached hydrogens (tertiary/aromatic N) is 1. The van der Waals surface area contributed by atoms with Crippen LogP contribution in [0.3, 0.4) is 0 Å². The van der Waals surface area contributed by atoms with E-state index in [4.69, 9.17) is 4.74 Å². The molecule has 6 nitrogen and oxygen atoms in total. The molecule has 2 aromatic rings. The molecule has 0 saturated carbocycles. The normalized spacial score (nSPS) is 11.3. The summed E-state index contributed by atoms with van der Waals surface area (Å²) in [4.78, 5) is 12.5. The zero-order valence-electron chi connectivity index (χ0n) is 16.1. The molecule has 0 unspecified atom stereocenters. The van der Waals surface area contributed by atoms with Gasteiger partial charge in [0.1, 0.15) is 12.3 Å². The summed E-state index contributed by atoms with van der Waals surface area (Å²) in [6.45, 7) is 5.98. The molecule has 0 atom stereocenters. The van der Waals surface area contributed by atoms with E-state index in [1.807, 2.05) is 20.8 Å². The molecule has 0 fully saturated rings. The molecule has 0 spiro atoms. The van der Waals surface area contributed by atoms with Crippen molar-refractivity contribution in [3.63, 3.8) is 0 Å². The number of benzene rings is 2. The van der Waals surface area contributed by atoms with Crippen LogP contribution >= 0.6 is 0 Å². The van der Waals surface area contributed by atoms with Crippen LogP contribution in [0, 0.1) is 12.8 Å². The molecule has 27 heavy (non-hydrogen) atoms. The third-order valence-corrected chi connectivity index (χ3v) is 5.73. The smallest absolute Gasteiger partial charge is 0.264 e. The number of sulfonamides is 1. The quantitative estimate of drug-likeness (QED) is 0.752. The van der Waals surface area contributed by atoms with E-state index < -0.39 is 10.0 Å². The highest BCUT2D eigenvalue weighted by molar-refractivity contribution is 7.92. The first-order chi connectivity index (χ1) is 12.8. The van der Waals surface area contributed by atoms with E-state index in [2.05, 4.69) is 5.32 Å². The van der Waals surface area contributed by atoms with Crippen LogP contribution in [0.25, 0.3) is 0 Å². The van der Waals surface area contributed by atoms with Crippen LogP contribution in [0.5, 0.6) is 5.75 Å². The lowest BCUT2D eigenvalue weighted by molar-refractivity contribution is -0.119. The maximum Gasteiger partial charge on any atom is 0.264 e. The van der Waals surface area contributed by atoms with Crippen LogP contribution < -0.4 is 14.4 Å². The van der Waals surface area contributed by atoms with Crippen LogP contribution in [0.2, 0.25) is 0 Å². The van der Waals surface area contributed by atoms with Gasteiger partial charge < -0.3 is 10.1 Å². The number of hydrogen-bond donors (Lipinski definition) is 1. The molecule has 2 aromatic carbocycles. The van der Waals surface area contributed by atoms with Gasteiger partial charge in [-0.1, -0.05) is 43.7 Å². The molecule has 0 aromatic heterocycles. The van der Waals surface area contributed by atoms with Gasteiger partial charge in [0.15, 0.2) is 0 Å². The molecule has 0 heterocycles. The molecule has 2 rings (SSSR count). The van der Waals surface area contributed by atoms with E-state index in [0.717, 1.165) is 9.87 Å². The summed E-state index contributed by atoms with van der Waals surface area (Å²) < 4.78 is 33.0. The number of hydrogen-bond acceptors (Lipinski definition) is 4. The molecular formula is C20H26N2O4S. The third kappa shape index (κ3) is 5.23. The standard InChI is InChI=1S/C20H26N2O4S/c1-15(2)13-21-20(23)14-22(18-7-5-6-8-19(18)26-4)27(24,25)17-11-9-16(3)10-12-17/h5-12,15H,13-14H2,1-4H3,(H,21,23). The van der Waals surface area contributed by atoms with E-state index in [1.165, 1.54) is 7.11 Å². The Hall–Kier alpha value is -2.54. The Morgan fingerprint density at radius 3 is 2.33 bits per heavy atom. The Morgan fingerprint density at radius 2 is 1.74 bits per heavy atom. The summed E-state index contributed by atoms with van der Waals surface area (Å²) in [6, 6.07) is 13.3. The van der Waals surface area contributed by atoms with Gasteiger partial charge in [0.2, 0.25) is 5.91 Å². The minimum absolute atomic E-state index is 0.121. The van der Waals surface area contributed by atoms with Gasteiger partial charge in [-0.05, 0) is 37.1 Å². The number of para-hydroxylation sites is 2. The first-order valence-electron chi connectivity index (χ1n) is 8.75. The second-order valence-corrected chi connectivity index (χ2v) is 8.56. The van der Waals surface area contributed by atoms with Crippen molar-refractivity contribution in [3.05, 3.63) is 54.1 Å². The average Bonchev–Trinajstić information content (AvgIpc) is 2.64. The Bertz CT molecular complexity index is 877. The fourth-order valence-corrected chi connectivity index (χ4v) is 3.91. The monoisotopic (exact) mass is 390 g/mol. The third-order valence-electron chi connectivity index (χ3n) is 3.96. The zero-order valence-corrected chi connectivity index (χ0v) is 16.9. The Balaban J connectivity index is 2.45. The number of nitrogens with one attached hydrogen (secondary N) is 1. The molecule has 146 valence electrons. The second kappa shape index (κ2) is 8.90. The van der Waals surface area contributed by atoms with E-state index >= 15 is 0 Å². The van der Waals surface area contributed by atoms with Crippen molar-refractivity contribution in [3.8, 4) is 5.75 Å². The van der Waals surface area contributed by atoms with E-state index in [0.29, 0.717) is 18.0 Å². The zero-order chi connectivity index (χ0) is 20.0. The van der Waals surface area contributed by atoms with Crippen LogP contribution in [0.1, 0.15) is 19.4 Å². The Morgan fingerprint density at radius 1 is 1.11 bits per heavy atom. The van der Waals surface area contributed by atoms with Crippen molar-refractivity contribution in [1.82, 2.24) is 5.32 Å². The average molecular weight is 391 g/mol. The minimum Gasteiger partial charge on any atom is -0.495 e. The number of anilines is 1. The van der Waals surface area contributed by atoms with Gasteiger partial charge in [0.25, 0.3) is 10.0 Å². The molecule has 0 saturated heterocycles. The van der Waals surface area contributed by atoms with Crippen molar-refractivity contribution in [2.24, 2.45) is 5.92 Å². The number of aryl methyl sites for hydroxylation is 1. The molecule has 0 aliphatic carbocycles. The molecule has 0 bridgehead atoms. The lowest BCUT2D eigenvalue weighted by atomic mass is 10.2. The maximum absolute atomic E-state index is 13.3. The molecule has 0 aliphatic rings. The van der Waals surface area contributed by atoms with Gasteiger partial charge in [0.05, 0.1) is 17.7 Å². The molecular weight excluding hydrogens is 364 g/mol. The van der Waals surface area contributed by atoms with Gasteiger partial charge in [0, 0.05) is 6.54 Å². The molecule has 1 amide bonds. The lowest BCUT2D eigenvalue weighted by Crippen LogP contribution is -2.42. The van der Waals surface area contributed by atoms with Crippen LogP contribution in [-0.4, -0.2) is 34.5 Å². The lowest BCUT2D eigenvalue weighted by Gasteiger charge is -2.25. The van der Waals surface area contributed by atoms with Crippen molar-refractivity contribution in [2.45, 2.75) is 25.7 Å². The summed E-state index contributed by atoms with van der Waals surface area (Å²) in [6.07, 6.45) is 0. The first-order valence-corrected chi connectivity index (χ1v) is 10.2. The Kier molecular flexibility index (Phi) is 6.85. The number of methoxy groups -OCH3 is 1. The molecule has 7 heteroatoms. The predicted molar refractivity (Wildman–Crippen MR) is 107 cm³/mol. The Labute approximate surface area is 161 Å². The van der Waals surface area contributed by atoms with E-state index in [1.54, 1.807) is 48.5 Å². The van der Waals surface area contributed by atoms with Crippen molar-refractivity contribution in [2.75, 3.05) is 24.5 Å². The number of ether oxygens (including phenoxy) is 1. The highest BCUT2D eigenvalue weighted by Crippen LogP contribution is 2.32. The molecule has 1 N–H and O–H groups in total. The highest BCUT2D eigenvalue weighted by Gasteiger charge is 2.29. The van der Waals surface area contributed by atoms with Crippen molar-refractivity contribution >= 4 is 21.6 Å². The summed E-state index contributed by atoms with van der Waals surface area (Å²) in [5.74, 6) is 0.275. The van der Waals surface area contributed by atoms with Crippen LogP contribution in [0.4, 0.5) is 5.69 Å². The fraction of sp³-hybridized carbons (Fsp3) is 0.350. The number of carbonyl (C=O) groups is 1. The van der Waals surface area contributed by atoms with Gasteiger partial charge in [-0.25, -0.2) is 8.42 Å². The van der Waals surface area contributed by atoms with E-state index in [-0.39, 0.29) is 23.3 Å². The van der Waals surface area contributed by atoms with Gasteiger partial charge >= 0.3 is 0 Å².